The van der Waals surface area contributed by atoms with Crippen LogP contribution in [0.1, 0.15) is 62.8 Å². The van der Waals surface area contributed by atoms with Crippen LogP contribution < -0.4 is 0 Å². The van der Waals surface area contributed by atoms with Gasteiger partial charge < -0.3 is 4.57 Å². The van der Waals surface area contributed by atoms with Gasteiger partial charge in [0.15, 0.2) is 5.65 Å². The molecule has 2 aromatic rings. The van der Waals surface area contributed by atoms with Gasteiger partial charge in [0.2, 0.25) is 0 Å². The molecule has 2 unspecified atom stereocenters. The van der Waals surface area contributed by atoms with Crippen LogP contribution in [0.3, 0.4) is 0 Å². The van der Waals surface area contributed by atoms with Crippen molar-refractivity contribution in [2.75, 3.05) is 0 Å². The van der Waals surface area contributed by atoms with E-state index in [1.54, 1.807) is 0 Å². The zero-order valence-corrected chi connectivity index (χ0v) is 12.9. The van der Waals surface area contributed by atoms with Crippen molar-refractivity contribution in [3.63, 3.8) is 0 Å². The Kier molecular flexibility index (Phi) is 4.46. The molecular weight excluding hydrogens is 258 g/mol. The van der Waals surface area contributed by atoms with Crippen LogP contribution in [0, 0.1) is 6.92 Å². The fourth-order valence-electron chi connectivity index (χ4n) is 2.47. The van der Waals surface area contributed by atoms with E-state index in [9.17, 15) is 0 Å². The quantitative estimate of drug-likeness (QED) is 0.737. The van der Waals surface area contributed by atoms with Crippen LogP contribution in [0.2, 0.25) is 0 Å². The molecule has 0 aliphatic carbocycles. The molecule has 0 spiro atoms. The topological polar surface area (TPSA) is 30.7 Å². The third-order valence-electron chi connectivity index (χ3n) is 3.58. The summed E-state index contributed by atoms with van der Waals surface area (Å²) >= 11 is 6.30. The van der Waals surface area contributed by atoms with Crippen LogP contribution >= 0.6 is 11.6 Å². The third kappa shape index (κ3) is 2.76. The van der Waals surface area contributed by atoms with Crippen molar-refractivity contribution in [1.82, 2.24) is 14.5 Å². The van der Waals surface area contributed by atoms with Gasteiger partial charge in [-0.15, -0.1) is 11.6 Å². The number of fused-ring (bicyclic) bond motifs is 1. The van der Waals surface area contributed by atoms with E-state index in [4.69, 9.17) is 16.6 Å². The molecule has 0 N–H and O–H groups in total. The second-order valence-electron chi connectivity index (χ2n) is 5.25. The third-order valence-corrected chi connectivity index (χ3v) is 3.78. The van der Waals surface area contributed by atoms with Gasteiger partial charge in [-0.1, -0.05) is 19.8 Å². The summed E-state index contributed by atoms with van der Waals surface area (Å²) in [6.07, 6.45) is 5.40. The number of rotatable bonds is 5. The van der Waals surface area contributed by atoms with Crippen molar-refractivity contribution in [2.45, 2.75) is 58.4 Å². The number of alkyl halides is 1. The van der Waals surface area contributed by atoms with Gasteiger partial charge in [-0.25, -0.2) is 9.97 Å². The lowest BCUT2D eigenvalue weighted by atomic mass is 10.1. The second-order valence-corrected chi connectivity index (χ2v) is 5.90. The van der Waals surface area contributed by atoms with E-state index in [2.05, 4.69) is 30.3 Å². The maximum atomic E-state index is 6.30. The lowest BCUT2D eigenvalue weighted by molar-refractivity contribution is 0.478. The number of halogens is 1. The lowest BCUT2D eigenvalue weighted by Crippen LogP contribution is -2.10. The number of unbranched alkanes of at least 4 members (excludes halogenated alkanes) is 1. The van der Waals surface area contributed by atoms with Gasteiger partial charge in [0, 0.05) is 12.2 Å². The van der Waals surface area contributed by atoms with Crippen LogP contribution in [0.4, 0.5) is 0 Å². The largest absolute Gasteiger partial charge is 0.309 e. The Morgan fingerprint density at radius 2 is 2.11 bits per heavy atom. The Hall–Kier alpha value is -1.09. The summed E-state index contributed by atoms with van der Waals surface area (Å²) in [6, 6.07) is 2.38. The SMILES string of the molecule is CCCCC(C)n1c(C(C)Cl)nc2c(C)ccnc21. The van der Waals surface area contributed by atoms with Gasteiger partial charge >= 0.3 is 0 Å². The highest BCUT2D eigenvalue weighted by Crippen LogP contribution is 2.30. The molecule has 2 rings (SSSR count). The maximum absolute atomic E-state index is 6.30. The normalized spacial score (nSPS) is 14.8. The summed E-state index contributed by atoms with van der Waals surface area (Å²) in [5.74, 6) is 0.932. The molecular formula is C15H22ClN3. The van der Waals surface area contributed by atoms with Crippen LogP contribution in [0.25, 0.3) is 11.2 Å². The van der Waals surface area contributed by atoms with E-state index in [1.165, 1.54) is 12.8 Å². The number of pyridine rings is 1. The standard InChI is InChI=1S/C15H22ClN3/c1-5-6-7-11(3)19-14(12(4)16)18-13-10(2)8-9-17-15(13)19/h8-9,11-12H,5-7H2,1-4H3. The Morgan fingerprint density at radius 1 is 1.37 bits per heavy atom. The minimum absolute atomic E-state index is 0.0994. The molecule has 19 heavy (non-hydrogen) atoms. The Bertz CT molecular complexity index is 560. The first kappa shape index (κ1) is 14.3. The average Bonchev–Trinajstić information content (AvgIpc) is 2.77. The minimum atomic E-state index is -0.0994. The van der Waals surface area contributed by atoms with Crippen LogP contribution in [0.15, 0.2) is 12.3 Å². The first-order chi connectivity index (χ1) is 9.06. The molecule has 3 nitrogen and oxygen atoms in total. The molecule has 0 saturated carbocycles. The molecule has 2 heterocycles. The average molecular weight is 280 g/mol. The minimum Gasteiger partial charge on any atom is -0.309 e. The smallest absolute Gasteiger partial charge is 0.160 e. The molecule has 0 amide bonds. The van der Waals surface area contributed by atoms with Crippen molar-refractivity contribution in [2.24, 2.45) is 0 Å². The predicted octanol–water partition coefficient (Wildman–Crippen LogP) is 4.79. The van der Waals surface area contributed by atoms with E-state index in [0.29, 0.717) is 6.04 Å². The van der Waals surface area contributed by atoms with Crippen molar-refractivity contribution >= 4 is 22.8 Å². The van der Waals surface area contributed by atoms with Crippen molar-refractivity contribution in [3.8, 4) is 0 Å². The molecule has 0 bridgehead atoms. The van der Waals surface area contributed by atoms with Crippen LogP contribution in [-0.4, -0.2) is 14.5 Å². The number of hydrogen-bond acceptors (Lipinski definition) is 2. The van der Waals surface area contributed by atoms with Gasteiger partial charge in [0.1, 0.15) is 11.3 Å². The monoisotopic (exact) mass is 279 g/mol. The summed E-state index contributed by atoms with van der Waals surface area (Å²) in [6.45, 7) is 8.48. The molecule has 2 atom stereocenters. The van der Waals surface area contributed by atoms with Gasteiger partial charge in [0.05, 0.1) is 5.38 Å². The van der Waals surface area contributed by atoms with E-state index in [-0.39, 0.29) is 5.38 Å². The Balaban J connectivity index is 2.55. The van der Waals surface area contributed by atoms with Gasteiger partial charge in [-0.05, 0) is 38.8 Å². The van der Waals surface area contributed by atoms with Crippen LogP contribution in [0.5, 0.6) is 0 Å². The van der Waals surface area contributed by atoms with E-state index < -0.39 is 0 Å². The van der Waals surface area contributed by atoms with Gasteiger partial charge in [-0.2, -0.15) is 0 Å². The Morgan fingerprint density at radius 3 is 2.74 bits per heavy atom. The maximum Gasteiger partial charge on any atom is 0.160 e. The first-order valence-electron chi connectivity index (χ1n) is 7.03. The lowest BCUT2D eigenvalue weighted by Gasteiger charge is -2.17. The summed E-state index contributed by atoms with van der Waals surface area (Å²) in [5.41, 5.74) is 3.10. The summed E-state index contributed by atoms with van der Waals surface area (Å²) in [7, 11) is 0. The highest BCUT2D eigenvalue weighted by Gasteiger charge is 2.20. The Labute approximate surface area is 120 Å². The van der Waals surface area contributed by atoms with Crippen molar-refractivity contribution in [3.05, 3.63) is 23.7 Å². The number of hydrogen-bond donors (Lipinski definition) is 0. The van der Waals surface area contributed by atoms with Crippen molar-refractivity contribution < 1.29 is 0 Å². The molecule has 4 heteroatoms. The molecule has 0 radical (unpaired) electrons. The van der Waals surface area contributed by atoms with E-state index in [0.717, 1.165) is 29.0 Å². The fourth-order valence-corrected chi connectivity index (χ4v) is 2.63. The predicted molar refractivity (Wildman–Crippen MR) is 80.8 cm³/mol. The van der Waals surface area contributed by atoms with Crippen molar-refractivity contribution in [1.29, 1.82) is 0 Å². The van der Waals surface area contributed by atoms with Gasteiger partial charge in [-0.3, -0.25) is 0 Å². The summed E-state index contributed by atoms with van der Waals surface area (Å²) in [4.78, 5) is 9.23. The van der Waals surface area contributed by atoms with Gasteiger partial charge in [0.25, 0.3) is 0 Å². The van der Waals surface area contributed by atoms with Crippen LogP contribution in [-0.2, 0) is 0 Å². The molecule has 0 aliphatic rings. The number of nitrogens with zero attached hydrogens (tertiary/aromatic N) is 3. The molecule has 0 aromatic carbocycles. The number of imidazole rings is 1. The summed E-state index contributed by atoms with van der Waals surface area (Å²) < 4.78 is 2.22. The highest BCUT2D eigenvalue weighted by atomic mass is 35.5. The first-order valence-corrected chi connectivity index (χ1v) is 7.47. The highest BCUT2D eigenvalue weighted by molar-refractivity contribution is 6.20. The zero-order chi connectivity index (χ0) is 14.0. The zero-order valence-electron chi connectivity index (χ0n) is 12.2. The number of aryl methyl sites for hydroxylation is 1. The van der Waals surface area contributed by atoms with E-state index >= 15 is 0 Å². The van der Waals surface area contributed by atoms with E-state index in [1.807, 2.05) is 19.2 Å². The summed E-state index contributed by atoms with van der Waals surface area (Å²) in [5, 5.41) is -0.0994. The molecule has 2 aromatic heterocycles. The molecule has 0 fully saturated rings. The molecule has 0 aliphatic heterocycles. The molecule has 104 valence electrons. The number of aromatic nitrogens is 3. The second kappa shape index (κ2) is 5.91. The fraction of sp³-hybridized carbons (Fsp3) is 0.600. The molecule has 0 saturated heterocycles.